The molecule has 110 valence electrons. The van der Waals surface area contributed by atoms with E-state index >= 15 is 0 Å². The van der Waals surface area contributed by atoms with Crippen molar-refractivity contribution in [3.05, 3.63) is 23.8 Å². The lowest BCUT2D eigenvalue weighted by atomic mass is 10.1. The Balaban J connectivity index is 1.96. The fraction of sp³-hybridized carbons (Fsp3) is 0.417. The maximum Gasteiger partial charge on any atom is 0.253 e. The predicted octanol–water partition coefficient (Wildman–Crippen LogP) is -0.0676. The highest BCUT2D eigenvalue weighted by Gasteiger charge is 2.16. The van der Waals surface area contributed by atoms with Crippen LogP contribution in [0.25, 0.3) is 0 Å². The molecule has 0 spiro atoms. The first-order chi connectivity index (χ1) is 9.47. The van der Waals surface area contributed by atoms with Crippen LogP contribution in [0.3, 0.4) is 0 Å². The molecule has 2 rings (SSSR count). The van der Waals surface area contributed by atoms with E-state index in [0.717, 1.165) is 24.5 Å². The van der Waals surface area contributed by atoms with Gasteiger partial charge in [-0.3, -0.25) is 4.79 Å². The van der Waals surface area contributed by atoms with Gasteiger partial charge < -0.3 is 16.0 Å². The molecule has 1 amide bonds. The summed E-state index contributed by atoms with van der Waals surface area (Å²) in [5, 5.41) is 14.0. The van der Waals surface area contributed by atoms with Crippen LogP contribution in [0.2, 0.25) is 0 Å². The van der Waals surface area contributed by atoms with Crippen molar-refractivity contribution in [2.24, 2.45) is 5.14 Å². The summed E-state index contributed by atoms with van der Waals surface area (Å²) in [7, 11) is -3.47. The van der Waals surface area contributed by atoms with E-state index in [-0.39, 0.29) is 18.2 Å². The molecular formula is C12H18N4O3S. The van der Waals surface area contributed by atoms with Gasteiger partial charge >= 0.3 is 0 Å². The summed E-state index contributed by atoms with van der Waals surface area (Å²) < 4.78 is 21.6. The second-order valence-electron chi connectivity index (χ2n) is 4.56. The average Bonchev–Trinajstić information content (AvgIpc) is 2.41. The van der Waals surface area contributed by atoms with Crippen LogP contribution in [-0.2, 0) is 10.0 Å². The molecule has 1 aliphatic heterocycles. The molecule has 0 unspecified atom stereocenters. The van der Waals surface area contributed by atoms with Crippen molar-refractivity contribution in [1.29, 1.82) is 0 Å². The van der Waals surface area contributed by atoms with Crippen molar-refractivity contribution < 1.29 is 13.2 Å². The number of nitrogens with two attached hydrogens (primary N) is 1. The second-order valence-corrected chi connectivity index (χ2v) is 6.29. The van der Waals surface area contributed by atoms with Crippen LogP contribution in [0, 0.1) is 0 Å². The van der Waals surface area contributed by atoms with Crippen molar-refractivity contribution in [3.63, 3.8) is 0 Å². The van der Waals surface area contributed by atoms with Crippen LogP contribution < -0.4 is 21.1 Å². The van der Waals surface area contributed by atoms with Gasteiger partial charge in [-0.1, -0.05) is 6.07 Å². The normalized spacial score (nSPS) is 13.8. The number of nitrogens with one attached hydrogen (secondary N) is 3. The Morgan fingerprint density at radius 2 is 2.05 bits per heavy atom. The minimum Gasteiger partial charge on any atom is -0.382 e. The lowest BCUT2D eigenvalue weighted by Gasteiger charge is -2.22. The quantitative estimate of drug-likeness (QED) is 0.568. The Bertz CT molecular complexity index is 601. The number of anilines is 2. The van der Waals surface area contributed by atoms with Gasteiger partial charge in [-0.05, 0) is 18.6 Å². The molecule has 0 saturated carbocycles. The van der Waals surface area contributed by atoms with E-state index in [1.165, 1.54) is 0 Å². The zero-order valence-electron chi connectivity index (χ0n) is 11.0. The Morgan fingerprint density at radius 1 is 1.30 bits per heavy atom. The van der Waals surface area contributed by atoms with Gasteiger partial charge in [0.1, 0.15) is 0 Å². The number of sulfonamides is 1. The summed E-state index contributed by atoms with van der Waals surface area (Å²) >= 11 is 0. The number of primary sulfonamides is 1. The Labute approximate surface area is 118 Å². The number of hydrogen-bond donors (Lipinski definition) is 4. The molecule has 0 saturated heterocycles. The minimum absolute atomic E-state index is 0.139. The zero-order valence-corrected chi connectivity index (χ0v) is 11.8. The smallest absolute Gasteiger partial charge is 0.253 e. The first kappa shape index (κ1) is 14.6. The lowest BCUT2D eigenvalue weighted by Crippen LogP contribution is -2.29. The van der Waals surface area contributed by atoms with E-state index in [1.807, 2.05) is 6.07 Å². The summed E-state index contributed by atoms with van der Waals surface area (Å²) in [5.41, 5.74) is 2.22. The molecule has 20 heavy (non-hydrogen) atoms. The molecule has 0 bridgehead atoms. The summed E-state index contributed by atoms with van der Waals surface area (Å²) in [6, 6.07) is 5.44. The second kappa shape index (κ2) is 6.10. The molecule has 0 aliphatic carbocycles. The highest BCUT2D eigenvalue weighted by Crippen LogP contribution is 2.28. The Kier molecular flexibility index (Phi) is 4.46. The van der Waals surface area contributed by atoms with E-state index in [1.54, 1.807) is 12.1 Å². The summed E-state index contributed by atoms with van der Waals surface area (Å²) in [6.07, 6.45) is 0.297. The van der Waals surface area contributed by atoms with Gasteiger partial charge in [0, 0.05) is 19.6 Å². The largest absolute Gasteiger partial charge is 0.382 e. The molecule has 5 N–H and O–H groups in total. The summed E-state index contributed by atoms with van der Waals surface area (Å²) in [4.78, 5) is 12.1. The summed E-state index contributed by atoms with van der Waals surface area (Å²) in [5.74, 6) is -0.368. The van der Waals surface area contributed by atoms with E-state index in [9.17, 15) is 13.2 Å². The van der Waals surface area contributed by atoms with Crippen LogP contribution in [0.4, 0.5) is 11.4 Å². The average molecular weight is 298 g/mol. The number of fused-ring (bicyclic) bond motifs is 1. The van der Waals surface area contributed by atoms with Crippen molar-refractivity contribution in [2.75, 3.05) is 36.0 Å². The van der Waals surface area contributed by atoms with Gasteiger partial charge in [-0.25, -0.2) is 13.6 Å². The SMILES string of the molecule is NS(=O)(=O)CCCNC(=O)c1cccc2c1NCCN2. The molecule has 1 aromatic carbocycles. The molecule has 1 heterocycles. The highest BCUT2D eigenvalue weighted by atomic mass is 32.2. The molecule has 0 radical (unpaired) electrons. The molecule has 1 aromatic rings. The number of benzene rings is 1. The third-order valence-corrected chi connectivity index (χ3v) is 3.80. The molecule has 0 aromatic heterocycles. The summed E-state index contributed by atoms with van der Waals surface area (Å²) in [6.45, 7) is 1.83. The van der Waals surface area contributed by atoms with E-state index in [2.05, 4.69) is 16.0 Å². The Morgan fingerprint density at radius 3 is 2.80 bits per heavy atom. The number of amides is 1. The first-order valence-electron chi connectivity index (χ1n) is 6.37. The number of para-hydroxylation sites is 1. The predicted molar refractivity (Wildman–Crippen MR) is 78.3 cm³/mol. The van der Waals surface area contributed by atoms with Gasteiger partial charge in [-0.15, -0.1) is 0 Å². The molecule has 1 aliphatic rings. The van der Waals surface area contributed by atoms with Gasteiger partial charge in [0.2, 0.25) is 10.0 Å². The van der Waals surface area contributed by atoms with Gasteiger partial charge in [0.25, 0.3) is 5.91 Å². The maximum atomic E-state index is 12.1. The van der Waals surface area contributed by atoms with Crippen molar-refractivity contribution in [2.45, 2.75) is 6.42 Å². The zero-order chi connectivity index (χ0) is 14.6. The van der Waals surface area contributed by atoms with E-state index in [0.29, 0.717) is 12.0 Å². The van der Waals surface area contributed by atoms with Crippen molar-refractivity contribution in [3.8, 4) is 0 Å². The standard InChI is InChI=1S/C12H18N4O3S/c13-20(18,19)8-2-5-16-12(17)9-3-1-4-10-11(9)15-7-6-14-10/h1,3-4,14-15H,2,5-8H2,(H,16,17)(H2,13,18,19). The molecule has 0 fully saturated rings. The molecule has 7 nitrogen and oxygen atoms in total. The molecule has 0 atom stereocenters. The molecular weight excluding hydrogens is 280 g/mol. The number of hydrogen-bond acceptors (Lipinski definition) is 5. The lowest BCUT2D eigenvalue weighted by molar-refractivity contribution is 0.0954. The molecule has 8 heteroatoms. The van der Waals surface area contributed by atoms with Crippen LogP contribution in [0.5, 0.6) is 0 Å². The van der Waals surface area contributed by atoms with Gasteiger partial charge in [0.15, 0.2) is 0 Å². The van der Waals surface area contributed by atoms with Gasteiger partial charge in [0.05, 0.1) is 22.7 Å². The Hall–Kier alpha value is -1.80. The number of rotatable bonds is 5. The van der Waals surface area contributed by atoms with Crippen LogP contribution in [-0.4, -0.2) is 39.7 Å². The third kappa shape index (κ3) is 3.84. The van der Waals surface area contributed by atoms with E-state index < -0.39 is 10.0 Å². The first-order valence-corrected chi connectivity index (χ1v) is 8.08. The van der Waals surface area contributed by atoms with Crippen LogP contribution >= 0.6 is 0 Å². The number of carbonyl (C=O) groups is 1. The van der Waals surface area contributed by atoms with Gasteiger partial charge in [-0.2, -0.15) is 0 Å². The fourth-order valence-corrected chi connectivity index (χ4v) is 2.58. The van der Waals surface area contributed by atoms with E-state index in [4.69, 9.17) is 5.14 Å². The highest BCUT2D eigenvalue weighted by molar-refractivity contribution is 7.89. The monoisotopic (exact) mass is 298 g/mol. The number of carbonyl (C=O) groups excluding carboxylic acids is 1. The minimum atomic E-state index is -3.47. The van der Waals surface area contributed by atoms with Crippen molar-refractivity contribution >= 4 is 27.3 Å². The van der Waals surface area contributed by atoms with Crippen molar-refractivity contribution in [1.82, 2.24) is 5.32 Å². The van der Waals surface area contributed by atoms with Crippen LogP contribution in [0.15, 0.2) is 18.2 Å². The van der Waals surface area contributed by atoms with Crippen LogP contribution in [0.1, 0.15) is 16.8 Å². The maximum absolute atomic E-state index is 12.1. The topological polar surface area (TPSA) is 113 Å². The fourth-order valence-electron chi connectivity index (χ4n) is 2.03. The third-order valence-electron chi connectivity index (χ3n) is 2.94.